The number of halogens is 1. The van der Waals surface area contributed by atoms with Gasteiger partial charge in [0.05, 0.1) is 0 Å². The molecule has 0 spiro atoms. The molecular formula is C54H46ClRh3. The second kappa shape index (κ2) is 56.5. The van der Waals surface area contributed by atoms with Crippen LogP contribution in [0.15, 0.2) is 273 Å². The molecule has 58 heavy (non-hydrogen) atoms. The fourth-order valence-electron chi connectivity index (χ4n) is 3.08. The van der Waals surface area contributed by atoms with Crippen molar-refractivity contribution >= 4 is 12.4 Å². The third-order valence-corrected chi connectivity index (χ3v) is 5.46. The molecule has 9 aromatic rings. The van der Waals surface area contributed by atoms with E-state index in [0.29, 0.717) is 0 Å². The molecule has 0 saturated carbocycles. The molecule has 0 aliphatic rings. The van der Waals surface area contributed by atoms with Crippen LogP contribution in [-0.2, 0) is 58.4 Å². The molecule has 0 aliphatic carbocycles. The average Bonchev–Trinajstić information content (AvgIpc) is 3.33. The standard InChI is InChI=1S/9C6H5.ClH.3Rh/c9*1-2-4-6-5-3-1;;;;/h9*1-5H;1H;;;/q9*-1;;3*+3. The van der Waals surface area contributed by atoms with Gasteiger partial charge in [-0.2, -0.15) is 328 Å². The van der Waals surface area contributed by atoms with Crippen molar-refractivity contribution in [3.05, 3.63) is 328 Å². The molecule has 0 amide bonds. The predicted molar refractivity (Wildman–Crippen MR) is 235 cm³/mol. The zero-order valence-corrected chi connectivity index (χ0v) is 37.6. The van der Waals surface area contributed by atoms with Crippen molar-refractivity contribution in [3.8, 4) is 0 Å². The number of hydrogen-bond acceptors (Lipinski definition) is 0. The molecule has 296 valence electrons. The summed E-state index contributed by atoms with van der Waals surface area (Å²) in [7, 11) is 0. The van der Waals surface area contributed by atoms with Gasteiger partial charge < -0.3 is 0 Å². The summed E-state index contributed by atoms with van der Waals surface area (Å²) in [6.07, 6.45) is 0. The molecule has 9 aromatic carbocycles. The van der Waals surface area contributed by atoms with Crippen LogP contribution >= 0.6 is 12.4 Å². The quantitative estimate of drug-likeness (QED) is 0.105. The van der Waals surface area contributed by atoms with Crippen molar-refractivity contribution in [2.24, 2.45) is 0 Å². The second-order valence-electron chi connectivity index (χ2n) is 9.70. The van der Waals surface area contributed by atoms with Crippen molar-refractivity contribution in [3.63, 3.8) is 0 Å². The van der Waals surface area contributed by atoms with Gasteiger partial charge in [-0.3, -0.25) is 0 Å². The monoisotopic (exact) mass is 1040 g/mol. The molecule has 0 radical (unpaired) electrons. The molecular weight excluding hydrogens is 993 g/mol. The van der Waals surface area contributed by atoms with Crippen LogP contribution in [0.2, 0.25) is 0 Å². The number of rotatable bonds is 0. The number of benzene rings is 9. The molecule has 0 nitrogen and oxygen atoms in total. The van der Waals surface area contributed by atoms with E-state index in [-0.39, 0.29) is 70.8 Å². The normalized spacial score (nSPS) is 7.45. The van der Waals surface area contributed by atoms with Gasteiger partial charge in [0.2, 0.25) is 0 Å². The first-order chi connectivity index (χ1) is 27.0. The van der Waals surface area contributed by atoms with Gasteiger partial charge in [-0.15, -0.1) is 12.4 Å². The molecule has 0 fully saturated rings. The Hall–Kier alpha value is -4.86. The van der Waals surface area contributed by atoms with Crippen LogP contribution < -0.4 is 0 Å². The summed E-state index contributed by atoms with van der Waals surface area (Å²) < 4.78 is 0. The average molecular weight is 1040 g/mol. The van der Waals surface area contributed by atoms with Crippen LogP contribution in [0.3, 0.4) is 0 Å². The fourth-order valence-corrected chi connectivity index (χ4v) is 3.08. The van der Waals surface area contributed by atoms with E-state index in [0.717, 1.165) is 0 Å². The first kappa shape index (κ1) is 59.8. The van der Waals surface area contributed by atoms with Crippen LogP contribution in [0.4, 0.5) is 0 Å². The molecule has 0 heterocycles. The van der Waals surface area contributed by atoms with E-state index in [1.165, 1.54) is 0 Å². The minimum atomic E-state index is 0. The summed E-state index contributed by atoms with van der Waals surface area (Å²) in [6.45, 7) is 0. The minimum absolute atomic E-state index is 0. The Labute approximate surface area is 395 Å². The second-order valence-corrected chi connectivity index (χ2v) is 9.70. The van der Waals surface area contributed by atoms with E-state index in [4.69, 9.17) is 0 Å². The van der Waals surface area contributed by atoms with Gasteiger partial charge in [0, 0.05) is 0 Å². The predicted octanol–water partition coefficient (Wildman–Crippen LogP) is 13.8. The van der Waals surface area contributed by atoms with E-state index in [1.807, 2.05) is 273 Å². The maximum atomic E-state index is 2.89. The molecule has 0 atom stereocenters. The smallest absolute Gasteiger partial charge is 0.184 e. The van der Waals surface area contributed by atoms with E-state index in [2.05, 4.69) is 54.6 Å². The maximum absolute atomic E-state index is 2.89. The van der Waals surface area contributed by atoms with E-state index in [1.54, 1.807) is 0 Å². The van der Waals surface area contributed by atoms with E-state index < -0.39 is 0 Å². The summed E-state index contributed by atoms with van der Waals surface area (Å²) in [5, 5.41) is 0. The largest absolute Gasteiger partial charge is 3.00 e. The summed E-state index contributed by atoms with van der Waals surface area (Å²) in [6, 6.07) is 112. The molecule has 0 saturated heterocycles. The van der Waals surface area contributed by atoms with Crippen LogP contribution in [-0.4, -0.2) is 0 Å². The van der Waals surface area contributed by atoms with E-state index in [9.17, 15) is 0 Å². The molecule has 9 rings (SSSR count). The van der Waals surface area contributed by atoms with Crippen molar-refractivity contribution in [2.75, 3.05) is 0 Å². The van der Waals surface area contributed by atoms with Crippen LogP contribution in [0, 0.1) is 54.6 Å². The van der Waals surface area contributed by atoms with Gasteiger partial charge in [0.25, 0.3) is 0 Å². The molecule has 4 heteroatoms. The Bertz CT molecular complexity index is 1120. The zero-order valence-electron chi connectivity index (χ0n) is 31.9. The SMILES string of the molecule is Cl.[Rh+3].[Rh+3].[Rh+3].[c-]1ccccc1.[c-]1ccccc1.[c-]1ccccc1.[c-]1ccccc1.[c-]1ccccc1.[c-]1ccccc1.[c-]1ccccc1.[c-]1ccccc1.[c-]1ccccc1. The van der Waals surface area contributed by atoms with Gasteiger partial charge in [-0.05, 0) is 0 Å². The third-order valence-electron chi connectivity index (χ3n) is 5.46. The maximum Gasteiger partial charge on any atom is 3.00 e. The van der Waals surface area contributed by atoms with Gasteiger partial charge in [-0.25, -0.2) is 0 Å². The zero-order chi connectivity index (χ0) is 38.2. The molecule has 0 aromatic heterocycles. The van der Waals surface area contributed by atoms with Gasteiger partial charge in [-0.1, -0.05) is 0 Å². The van der Waals surface area contributed by atoms with Crippen LogP contribution in [0.1, 0.15) is 0 Å². The van der Waals surface area contributed by atoms with Crippen LogP contribution in [0.5, 0.6) is 0 Å². The third kappa shape index (κ3) is 53.2. The Morgan fingerprint density at radius 2 is 0.190 bits per heavy atom. The summed E-state index contributed by atoms with van der Waals surface area (Å²) in [4.78, 5) is 0. The Kier molecular flexibility index (Phi) is 58.2. The Balaban J connectivity index is -0.000000280. The Morgan fingerprint density at radius 1 is 0.121 bits per heavy atom. The molecule has 0 N–H and O–H groups in total. The van der Waals surface area contributed by atoms with Gasteiger partial charge in [0.1, 0.15) is 0 Å². The molecule has 0 bridgehead atoms. The summed E-state index contributed by atoms with van der Waals surface area (Å²) in [5.74, 6) is 0. The van der Waals surface area contributed by atoms with Crippen molar-refractivity contribution in [1.82, 2.24) is 0 Å². The number of hydrogen-bond donors (Lipinski definition) is 0. The molecule has 0 aliphatic heterocycles. The Morgan fingerprint density at radius 3 is 0.207 bits per heavy atom. The summed E-state index contributed by atoms with van der Waals surface area (Å²) in [5.41, 5.74) is 0. The van der Waals surface area contributed by atoms with Gasteiger partial charge >= 0.3 is 58.4 Å². The fraction of sp³-hybridized carbons (Fsp3) is 0. The minimum Gasteiger partial charge on any atom is -0.184 e. The topological polar surface area (TPSA) is 0 Å². The van der Waals surface area contributed by atoms with Crippen molar-refractivity contribution in [2.45, 2.75) is 0 Å². The molecule has 0 unspecified atom stereocenters. The van der Waals surface area contributed by atoms with Crippen LogP contribution in [0.25, 0.3) is 0 Å². The summed E-state index contributed by atoms with van der Waals surface area (Å²) >= 11 is 0. The first-order valence-electron chi connectivity index (χ1n) is 17.2. The van der Waals surface area contributed by atoms with Crippen molar-refractivity contribution < 1.29 is 58.4 Å². The van der Waals surface area contributed by atoms with Gasteiger partial charge in [0.15, 0.2) is 0 Å². The van der Waals surface area contributed by atoms with Crippen molar-refractivity contribution in [1.29, 1.82) is 0 Å². The van der Waals surface area contributed by atoms with E-state index >= 15 is 0 Å². The first-order valence-corrected chi connectivity index (χ1v) is 17.2.